The molecule has 0 heterocycles. The lowest BCUT2D eigenvalue weighted by Crippen LogP contribution is -2.51. The van der Waals surface area contributed by atoms with Crippen LogP contribution in [0.1, 0.15) is 67.7 Å². The topological polar surface area (TPSA) is 26.3 Å². The summed E-state index contributed by atoms with van der Waals surface area (Å²) in [5.41, 5.74) is 0.133. The molecule has 1 unspecified atom stereocenters. The van der Waals surface area contributed by atoms with Crippen molar-refractivity contribution in [1.82, 2.24) is 0 Å². The fourth-order valence-corrected chi connectivity index (χ4v) is 8.42. The summed E-state index contributed by atoms with van der Waals surface area (Å²) < 4.78 is 6.92. The minimum atomic E-state index is -1.61. The summed E-state index contributed by atoms with van der Waals surface area (Å²) in [7, 11) is -1.61. The zero-order valence-corrected chi connectivity index (χ0v) is 17.9. The van der Waals surface area contributed by atoms with Gasteiger partial charge in [-0.05, 0) is 74.6 Å². The van der Waals surface area contributed by atoms with Gasteiger partial charge in [-0.25, -0.2) is 0 Å². The van der Waals surface area contributed by atoms with Crippen molar-refractivity contribution in [3.8, 4) is 0 Å². The van der Waals surface area contributed by atoms with E-state index in [0.717, 1.165) is 6.42 Å². The van der Waals surface area contributed by atoms with Gasteiger partial charge in [-0.15, -0.1) is 0 Å². The summed E-state index contributed by atoms with van der Waals surface area (Å²) >= 11 is 0. The Hall–Kier alpha value is -0.413. The summed E-state index contributed by atoms with van der Waals surface area (Å²) in [5, 5.41) is 0. The number of ketones is 1. The Morgan fingerprint density at radius 1 is 1.25 bits per heavy atom. The van der Waals surface area contributed by atoms with Crippen LogP contribution in [0.2, 0.25) is 18.1 Å². The molecule has 2 nitrogen and oxygen atoms in total. The van der Waals surface area contributed by atoms with Crippen molar-refractivity contribution in [3.05, 3.63) is 12.2 Å². The summed E-state index contributed by atoms with van der Waals surface area (Å²) in [6.45, 7) is 16.0. The molecule has 2 aliphatic rings. The van der Waals surface area contributed by atoms with Crippen LogP contribution < -0.4 is 0 Å². The van der Waals surface area contributed by atoms with Gasteiger partial charge in [0, 0.05) is 5.92 Å². The number of hydrogen-bond acceptors (Lipinski definition) is 2. The van der Waals surface area contributed by atoms with Crippen LogP contribution in [0.3, 0.4) is 0 Å². The Labute approximate surface area is 150 Å². The molecule has 0 spiro atoms. The molecule has 0 bridgehead atoms. The Morgan fingerprint density at radius 3 is 2.38 bits per heavy atom. The van der Waals surface area contributed by atoms with Gasteiger partial charge >= 0.3 is 0 Å². The first-order valence-corrected chi connectivity index (χ1v) is 12.6. The van der Waals surface area contributed by atoms with Gasteiger partial charge in [0.05, 0.1) is 5.60 Å². The van der Waals surface area contributed by atoms with Gasteiger partial charge in [0.2, 0.25) is 0 Å². The molecule has 1 fully saturated rings. The number of allylic oxidation sites excluding steroid dienone is 2. The minimum Gasteiger partial charge on any atom is -0.412 e. The second kappa shape index (κ2) is 7.07. The van der Waals surface area contributed by atoms with Gasteiger partial charge in [-0.2, -0.15) is 0 Å². The number of carbonyl (C=O) groups excluding carboxylic acids is 1. The first-order chi connectivity index (χ1) is 11.1. The first-order valence-electron chi connectivity index (χ1n) is 10.1. The van der Waals surface area contributed by atoms with E-state index >= 15 is 0 Å². The Morgan fingerprint density at radius 2 is 1.83 bits per heavy atom. The molecule has 138 valence electrons. The smallest absolute Gasteiger partial charge is 0.192 e. The third-order valence-corrected chi connectivity index (χ3v) is 12.3. The van der Waals surface area contributed by atoms with Crippen molar-refractivity contribution >= 4 is 14.1 Å². The van der Waals surface area contributed by atoms with Crippen LogP contribution >= 0.6 is 0 Å². The Bertz CT molecular complexity index is 484. The third-order valence-electron chi connectivity index (χ3n) is 7.49. The van der Waals surface area contributed by atoms with Gasteiger partial charge in [0.15, 0.2) is 14.1 Å². The molecule has 0 N–H and O–H groups in total. The summed E-state index contributed by atoms with van der Waals surface area (Å²) in [6.07, 6.45) is 7.57. The minimum absolute atomic E-state index is 0.0699. The quantitative estimate of drug-likeness (QED) is 0.550. The van der Waals surface area contributed by atoms with Gasteiger partial charge in [-0.1, -0.05) is 40.7 Å². The number of rotatable bonds is 6. The standard InChI is InChI=1S/C21H38O2Si/c1-8-24(9-2,10-3)23-20(5,6)17-11-13-21(7)14-12-19(22)16(4)18(21)15-17/h12,14,16-18H,8-11,13,15H2,1-7H3/t16-,17-,18?,21+/m1/s1. The summed E-state index contributed by atoms with van der Waals surface area (Å²) in [5.74, 6) is 1.51. The Balaban J connectivity index is 2.18. The van der Waals surface area contributed by atoms with Crippen LogP contribution in [0.4, 0.5) is 0 Å². The molecular formula is C21H38O2Si. The van der Waals surface area contributed by atoms with Crippen LogP contribution in [0.5, 0.6) is 0 Å². The number of hydrogen-bond donors (Lipinski definition) is 0. The van der Waals surface area contributed by atoms with Crippen molar-refractivity contribution in [2.75, 3.05) is 0 Å². The van der Waals surface area contributed by atoms with Crippen molar-refractivity contribution in [1.29, 1.82) is 0 Å². The van der Waals surface area contributed by atoms with Gasteiger partial charge in [0.25, 0.3) is 0 Å². The Kier molecular flexibility index (Phi) is 5.86. The molecule has 2 aliphatic carbocycles. The van der Waals surface area contributed by atoms with Crippen molar-refractivity contribution in [2.24, 2.45) is 23.2 Å². The fourth-order valence-electron chi connectivity index (χ4n) is 5.21. The van der Waals surface area contributed by atoms with Crippen molar-refractivity contribution < 1.29 is 9.22 Å². The van der Waals surface area contributed by atoms with E-state index in [1.165, 1.54) is 31.0 Å². The normalized spacial score (nSPS) is 34.3. The van der Waals surface area contributed by atoms with Crippen LogP contribution in [0.15, 0.2) is 12.2 Å². The lowest BCUT2D eigenvalue weighted by molar-refractivity contribution is -0.124. The number of fused-ring (bicyclic) bond motifs is 1. The van der Waals surface area contributed by atoms with E-state index in [0.29, 0.717) is 17.6 Å². The van der Waals surface area contributed by atoms with Crippen LogP contribution in [0.25, 0.3) is 0 Å². The van der Waals surface area contributed by atoms with Crippen LogP contribution in [-0.2, 0) is 9.22 Å². The number of carbonyl (C=O) groups is 1. The average molecular weight is 351 g/mol. The molecule has 0 aromatic rings. The molecular weight excluding hydrogens is 312 g/mol. The van der Waals surface area contributed by atoms with Crippen molar-refractivity contribution in [3.63, 3.8) is 0 Å². The van der Waals surface area contributed by atoms with Gasteiger partial charge in [0.1, 0.15) is 0 Å². The van der Waals surface area contributed by atoms with E-state index in [1.807, 2.05) is 6.08 Å². The highest BCUT2D eigenvalue weighted by Crippen LogP contribution is 2.53. The predicted octanol–water partition coefficient (Wildman–Crippen LogP) is 5.98. The molecule has 4 atom stereocenters. The second-order valence-corrected chi connectivity index (χ2v) is 13.7. The molecule has 3 heteroatoms. The maximum absolute atomic E-state index is 12.2. The lowest BCUT2D eigenvalue weighted by Gasteiger charge is -2.52. The largest absolute Gasteiger partial charge is 0.412 e. The van der Waals surface area contributed by atoms with E-state index in [4.69, 9.17) is 4.43 Å². The summed E-state index contributed by atoms with van der Waals surface area (Å²) in [6, 6.07) is 3.61. The molecule has 2 rings (SSSR count). The highest BCUT2D eigenvalue weighted by atomic mass is 28.4. The zero-order chi connectivity index (χ0) is 18.2. The lowest BCUT2D eigenvalue weighted by atomic mass is 9.56. The summed E-state index contributed by atoms with van der Waals surface area (Å²) in [4.78, 5) is 12.2. The zero-order valence-electron chi connectivity index (χ0n) is 16.9. The van der Waals surface area contributed by atoms with Crippen LogP contribution in [-0.4, -0.2) is 19.7 Å². The van der Waals surface area contributed by atoms with E-state index < -0.39 is 8.32 Å². The van der Waals surface area contributed by atoms with E-state index in [-0.39, 0.29) is 16.9 Å². The SMILES string of the molecule is CC[Si](CC)(CC)OC(C)(C)[C@@H]1CC[C@@]2(C)C=CC(=O)[C@H](C)C2C1. The molecule has 24 heavy (non-hydrogen) atoms. The highest BCUT2D eigenvalue weighted by Gasteiger charge is 2.49. The van der Waals surface area contributed by atoms with Crippen molar-refractivity contribution in [2.45, 2.75) is 91.5 Å². The van der Waals surface area contributed by atoms with Gasteiger partial charge < -0.3 is 4.43 Å². The highest BCUT2D eigenvalue weighted by molar-refractivity contribution is 6.73. The average Bonchev–Trinajstić information content (AvgIpc) is 2.56. The molecule has 0 radical (unpaired) electrons. The predicted molar refractivity (Wildman–Crippen MR) is 105 cm³/mol. The molecule has 0 saturated heterocycles. The molecule has 0 aliphatic heterocycles. The molecule has 1 saturated carbocycles. The second-order valence-electron chi connectivity index (χ2n) is 9.06. The fraction of sp³-hybridized carbons (Fsp3) is 0.857. The van der Waals surface area contributed by atoms with E-state index in [9.17, 15) is 4.79 Å². The van der Waals surface area contributed by atoms with E-state index in [1.54, 1.807) is 0 Å². The third kappa shape index (κ3) is 3.58. The van der Waals surface area contributed by atoms with Crippen LogP contribution in [0, 0.1) is 23.2 Å². The molecule has 0 aromatic heterocycles. The van der Waals surface area contributed by atoms with Gasteiger partial charge in [-0.3, -0.25) is 4.79 Å². The van der Waals surface area contributed by atoms with E-state index in [2.05, 4.69) is 54.5 Å². The first kappa shape index (κ1) is 19.9. The molecule has 0 amide bonds. The maximum Gasteiger partial charge on any atom is 0.192 e. The molecule has 0 aromatic carbocycles. The monoisotopic (exact) mass is 350 g/mol. The maximum atomic E-state index is 12.2.